The smallest absolute Gasteiger partial charge is 0.170 e. The van der Waals surface area contributed by atoms with E-state index in [1.807, 2.05) is 36.5 Å². The van der Waals surface area contributed by atoms with Gasteiger partial charge < -0.3 is 19.7 Å². The highest BCUT2D eigenvalue weighted by Gasteiger charge is 2.41. The molecule has 4 rings (SSSR count). The first-order valence-corrected chi connectivity index (χ1v) is 10.4. The normalized spacial score (nSPS) is 19.0. The molecule has 1 saturated heterocycles. The summed E-state index contributed by atoms with van der Waals surface area (Å²) in [6.07, 6.45) is 3.90. The average Bonchev–Trinajstić information content (AvgIpc) is 3.31. The maximum absolute atomic E-state index is 6.26. The summed E-state index contributed by atoms with van der Waals surface area (Å²) >= 11 is 12.0. The van der Waals surface area contributed by atoms with Gasteiger partial charge in [0.05, 0.1) is 17.8 Å². The molecule has 1 aliphatic heterocycles. The average molecular weight is 426 g/mol. The predicted octanol–water partition coefficient (Wildman–Crippen LogP) is 4.06. The molecule has 29 heavy (non-hydrogen) atoms. The van der Waals surface area contributed by atoms with Crippen molar-refractivity contribution in [3.05, 3.63) is 83.4 Å². The minimum Gasteiger partial charge on any atom is -0.352 e. The molecule has 7 heteroatoms. The van der Waals surface area contributed by atoms with E-state index in [2.05, 4.69) is 69.2 Å². The van der Waals surface area contributed by atoms with Crippen LogP contribution in [0.3, 0.4) is 0 Å². The fourth-order valence-electron chi connectivity index (χ4n) is 3.77. The molecule has 150 valence electrons. The minimum atomic E-state index is -0.0290. The van der Waals surface area contributed by atoms with Gasteiger partial charge in [-0.15, -0.1) is 0 Å². The molecular formula is C22H24ClN5S. The summed E-state index contributed by atoms with van der Waals surface area (Å²) in [5, 5.41) is 4.98. The van der Waals surface area contributed by atoms with Gasteiger partial charge in [0, 0.05) is 41.9 Å². The molecule has 0 spiro atoms. The number of rotatable bonds is 6. The molecule has 2 aromatic heterocycles. The van der Waals surface area contributed by atoms with Crippen molar-refractivity contribution >= 4 is 28.9 Å². The van der Waals surface area contributed by atoms with Crippen molar-refractivity contribution in [2.45, 2.75) is 12.1 Å². The van der Waals surface area contributed by atoms with E-state index in [9.17, 15) is 0 Å². The molecule has 1 aliphatic rings. The molecule has 0 amide bonds. The van der Waals surface area contributed by atoms with E-state index in [-0.39, 0.29) is 12.1 Å². The maximum Gasteiger partial charge on any atom is 0.170 e. The molecule has 1 fully saturated rings. The van der Waals surface area contributed by atoms with Crippen LogP contribution in [0.2, 0.25) is 5.02 Å². The second kappa shape index (κ2) is 8.53. The fraction of sp³-hybridized carbons (Fsp3) is 0.273. The molecule has 1 N–H and O–H groups in total. The molecule has 0 bridgehead atoms. The number of hydrogen-bond donors (Lipinski definition) is 1. The van der Waals surface area contributed by atoms with Crippen LogP contribution >= 0.6 is 23.8 Å². The second-order valence-electron chi connectivity index (χ2n) is 7.41. The molecule has 0 unspecified atom stereocenters. The molecule has 0 saturated carbocycles. The number of halogens is 1. The summed E-state index contributed by atoms with van der Waals surface area (Å²) in [7, 11) is 4.15. The van der Waals surface area contributed by atoms with E-state index in [4.69, 9.17) is 23.8 Å². The van der Waals surface area contributed by atoms with Crippen LogP contribution < -0.4 is 5.32 Å². The quantitative estimate of drug-likeness (QED) is 0.602. The third kappa shape index (κ3) is 4.15. The van der Waals surface area contributed by atoms with Crippen molar-refractivity contribution in [2.24, 2.45) is 0 Å². The molecule has 2 atom stereocenters. The fourth-order valence-corrected chi connectivity index (χ4v) is 4.29. The van der Waals surface area contributed by atoms with Gasteiger partial charge in [-0.05, 0) is 68.8 Å². The Morgan fingerprint density at radius 1 is 1.14 bits per heavy atom. The second-order valence-corrected chi connectivity index (χ2v) is 8.23. The molecule has 0 aliphatic carbocycles. The Labute approximate surface area is 181 Å². The van der Waals surface area contributed by atoms with Crippen LogP contribution in [-0.2, 0) is 0 Å². The summed E-state index contributed by atoms with van der Waals surface area (Å²) in [6, 6.07) is 18.1. The third-order valence-electron chi connectivity index (χ3n) is 5.16. The van der Waals surface area contributed by atoms with Crippen molar-refractivity contribution in [3.8, 4) is 5.69 Å². The van der Waals surface area contributed by atoms with E-state index in [0.29, 0.717) is 5.02 Å². The highest BCUT2D eigenvalue weighted by Crippen LogP contribution is 2.39. The van der Waals surface area contributed by atoms with E-state index >= 15 is 0 Å². The van der Waals surface area contributed by atoms with Crippen molar-refractivity contribution in [3.63, 3.8) is 0 Å². The van der Waals surface area contributed by atoms with Crippen LogP contribution in [-0.4, -0.2) is 51.6 Å². The van der Waals surface area contributed by atoms with Crippen LogP contribution in [0.25, 0.3) is 5.69 Å². The lowest BCUT2D eigenvalue weighted by molar-refractivity contribution is 0.272. The lowest BCUT2D eigenvalue weighted by Crippen LogP contribution is -2.36. The zero-order valence-corrected chi connectivity index (χ0v) is 18.1. The summed E-state index contributed by atoms with van der Waals surface area (Å²) in [5.41, 5.74) is 3.16. The number of thiocarbonyl (C=S) groups is 1. The van der Waals surface area contributed by atoms with E-state index < -0.39 is 0 Å². The van der Waals surface area contributed by atoms with Gasteiger partial charge in [-0.25, -0.2) is 0 Å². The lowest BCUT2D eigenvalue weighted by atomic mass is 10.0. The Balaban J connectivity index is 1.78. The van der Waals surface area contributed by atoms with E-state index in [1.165, 1.54) is 0 Å². The first kappa shape index (κ1) is 19.9. The third-order valence-corrected chi connectivity index (χ3v) is 5.74. The Morgan fingerprint density at radius 2 is 2.00 bits per heavy atom. The van der Waals surface area contributed by atoms with Crippen LogP contribution in [0.4, 0.5) is 0 Å². The van der Waals surface area contributed by atoms with Gasteiger partial charge in [-0.3, -0.25) is 4.98 Å². The topological polar surface area (TPSA) is 36.3 Å². The van der Waals surface area contributed by atoms with E-state index in [0.717, 1.165) is 35.3 Å². The zero-order chi connectivity index (χ0) is 20.4. The Hall–Kier alpha value is -2.41. The van der Waals surface area contributed by atoms with Crippen LogP contribution in [0.5, 0.6) is 0 Å². The minimum absolute atomic E-state index is 0.0198. The van der Waals surface area contributed by atoms with Gasteiger partial charge in [0.1, 0.15) is 0 Å². The number of benzene rings is 1. The highest BCUT2D eigenvalue weighted by atomic mass is 35.5. The molecule has 1 aromatic carbocycles. The van der Waals surface area contributed by atoms with E-state index in [1.54, 1.807) is 0 Å². The number of pyridine rings is 1. The number of nitrogens with one attached hydrogen (secondary N) is 1. The van der Waals surface area contributed by atoms with Gasteiger partial charge in [-0.1, -0.05) is 23.7 Å². The molecule has 5 nitrogen and oxygen atoms in total. The number of likely N-dealkylation sites (N-methyl/N-ethyl adjacent to an activating group) is 1. The van der Waals surface area contributed by atoms with Crippen LogP contribution in [0, 0.1) is 0 Å². The number of nitrogens with zero attached hydrogens (tertiary/aromatic N) is 4. The Bertz CT molecular complexity index is 988. The monoisotopic (exact) mass is 425 g/mol. The zero-order valence-electron chi connectivity index (χ0n) is 16.5. The van der Waals surface area contributed by atoms with Gasteiger partial charge in [0.15, 0.2) is 5.11 Å². The van der Waals surface area contributed by atoms with Crippen molar-refractivity contribution in [1.29, 1.82) is 0 Å². The molecule has 3 aromatic rings. The maximum atomic E-state index is 6.26. The summed E-state index contributed by atoms with van der Waals surface area (Å²) in [6.45, 7) is 1.73. The molecule has 0 radical (unpaired) electrons. The van der Waals surface area contributed by atoms with Gasteiger partial charge in [0.25, 0.3) is 0 Å². The predicted molar refractivity (Wildman–Crippen MR) is 121 cm³/mol. The van der Waals surface area contributed by atoms with Crippen LogP contribution in [0.15, 0.2) is 67.0 Å². The molecular weight excluding hydrogens is 402 g/mol. The number of hydrogen-bond acceptors (Lipinski definition) is 3. The SMILES string of the molecule is CN(C)CCN1C(=S)N[C@H](c2ccccn2)[C@H]1c1cccn1-c1cccc(Cl)c1. The standard InChI is InChI=1S/C22H24ClN5S/c1-26(2)13-14-28-21(20(25-22(28)29)18-9-3-4-11-24-18)19-10-6-12-27(19)17-8-5-7-16(23)15-17/h3-12,15,20-21H,13-14H2,1-2H3,(H,25,29)/t20-,21-/m1/s1. The Kier molecular flexibility index (Phi) is 5.85. The lowest BCUT2D eigenvalue weighted by Gasteiger charge is -2.29. The largest absolute Gasteiger partial charge is 0.352 e. The van der Waals surface area contributed by atoms with Crippen molar-refractivity contribution in [1.82, 2.24) is 24.7 Å². The number of aromatic nitrogens is 2. The Morgan fingerprint density at radius 3 is 2.72 bits per heavy atom. The highest BCUT2D eigenvalue weighted by molar-refractivity contribution is 7.80. The van der Waals surface area contributed by atoms with Gasteiger partial charge in [0.2, 0.25) is 0 Å². The summed E-state index contributed by atoms with van der Waals surface area (Å²) in [5.74, 6) is 0. The first-order valence-electron chi connectivity index (χ1n) is 9.60. The molecule has 3 heterocycles. The summed E-state index contributed by atoms with van der Waals surface area (Å²) in [4.78, 5) is 9.05. The van der Waals surface area contributed by atoms with Crippen molar-refractivity contribution in [2.75, 3.05) is 27.2 Å². The van der Waals surface area contributed by atoms with Gasteiger partial charge in [-0.2, -0.15) is 0 Å². The van der Waals surface area contributed by atoms with Crippen molar-refractivity contribution < 1.29 is 0 Å². The first-order chi connectivity index (χ1) is 14.0. The summed E-state index contributed by atoms with van der Waals surface area (Å²) < 4.78 is 2.19. The van der Waals surface area contributed by atoms with Gasteiger partial charge >= 0.3 is 0 Å². The van der Waals surface area contributed by atoms with Crippen LogP contribution in [0.1, 0.15) is 23.5 Å².